The Morgan fingerprint density at radius 3 is 3.07 bits per heavy atom. The Labute approximate surface area is 95.1 Å². The van der Waals surface area contributed by atoms with E-state index in [0.29, 0.717) is 24.4 Å². The number of hydrogen-bond acceptors (Lipinski definition) is 4. The average Bonchev–Trinajstić information content (AvgIpc) is 2.60. The van der Waals surface area contributed by atoms with Gasteiger partial charge in [-0.2, -0.15) is 0 Å². The molecule has 0 aliphatic carbocycles. The van der Waals surface area contributed by atoms with Gasteiger partial charge in [0.15, 0.2) is 0 Å². The second-order valence-electron chi connectivity index (χ2n) is 3.24. The van der Waals surface area contributed by atoms with Crippen LogP contribution < -0.4 is 5.73 Å². The van der Waals surface area contributed by atoms with Crippen molar-refractivity contribution < 1.29 is 5.11 Å². The summed E-state index contributed by atoms with van der Waals surface area (Å²) < 4.78 is 2.63. The van der Waals surface area contributed by atoms with E-state index in [-0.39, 0.29) is 0 Å². The highest BCUT2D eigenvalue weighted by Crippen LogP contribution is 2.16. The van der Waals surface area contributed by atoms with Crippen molar-refractivity contribution >= 4 is 21.7 Å². The van der Waals surface area contributed by atoms with E-state index in [9.17, 15) is 5.11 Å². The van der Waals surface area contributed by atoms with Crippen LogP contribution in [0.4, 0.5) is 0 Å². The molecule has 80 valence electrons. The summed E-state index contributed by atoms with van der Waals surface area (Å²) in [5.74, 6) is 0.573. The Morgan fingerprint density at radius 2 is 2.33 bits per heavy atom. The normalized spacial score (nSPS) is 13.3. The maximum absolute atomic E-state index is 9.70. The molecule has 1 unspecified atom stereocenters. The van der Waals surface area contributed by atoms with Gasteiger partial charge in [-0.1, -0.05) is 0 Å². The molecule has 0 bridgehead atoms. The van der Waals surface area contributed by atoms with Gasteiger partial charge >= 0.3 is 0 Å². The molecule has 0 aromatic carbocycles. The predicted octanol–water partition coefficient (Wildman–Crippen LogP) is 0.874. The number of aliphatic hydroxyl groups is 1. The molecule has 0 fully saturated rings. The zero-order chi connectivity index (χ0) is 10.8. The van der Waals surface area contributed by atoms with Gasteiger partial charge in [-0.3, -0.25) is 4.40 Å². The molecule has 2 rings (SSSR count). The van der Waals surface area contributed by atoms with Crippen LogP contribution in [0.25, 0.3) is 5.78 Å². The van der Waals surface area contributed by atoms with Gasteiger partial charge in [0.05, 0.1) is 16.3 Å². The minimum atomic E-state index is -0.615. The predicted molar refractivity (Wildman–Crippen MR) is 59.3 cm³/mol. The lowest BCUT2D eigenvalue weighted by Crippen LogP contribution is -2.06. The quantitative estimate of drug-likeness (QED) is 0.868. The van der Waals surface area contributed by atoms with Gasteiger partial charge in [-0.15, -0.1) is 0 Å². The topological polar surface area (TPSA) is 76.4 Å². The highest BCUT2D eigenvalue weighted by atomic mass is 79.9. The fourth-order valence-electron chi connectivity index (χ4n) is 1.34. The highest BCUT2D eigenvalue weighted by Gasteiger charge is 2.11. The molecule has 0 radical (unpaired) electrons. The molecule has 3 N–H and O–H groups in total. The molecule has 2 aromatic heterocycles. The summed E-state index contributed by atoms with van der Waals surface area (Å²) in [4.78, 5) is 8.30. The summed E-state index contributed by atoms with van der Waals surface area (Å²) >= 11 is 3.32. The summed E-state index contributed by atoms with van der Waals surface area (Å²) in [5.41, 5.74) is 5.97. The number of rotatable bonds is 3. The number of hydrogen-bond donors (Lipinski definition) is 2. The third kappa shape index (κ3) is 2.17. The number of imidazole rings is 1. The van der Waals surface area contributed by atoms with Crippen molar-refractivity contribution in [3.63, 3.8) is 0 Å². The highest BCUT2D eigenvalue weighted by molar-refractivity contribution is 9.10. The second kappa shape index (κ2) is 4.26. The zero-order valence-electron chi connectivity index (χ0n) is 7.97. The molecule has 0 amide bonds. The minimum absolute atomic E-state index is 0.437. The molecular weight excluding hydrogens is 260 g/mol. The van der Waals surface area contributed by atoms with Crippen LogP contribution >= 0.6 is 15.9 Å². The Bertz CT molecular complexity index is 470. The first-order chi connectivity index (χ1) is 7.20. The van der Waals surface area contributed by atoms with Crippen LogP contribution in [-0.2, 0) is 0 Å². The molecule has 0 aliphatic heterocycles. The lowest BCUT2D eigenvalue weighted by molar-refractivity contribution is 0.166. The van der Waals surface area contributed by atoms with Crippen LogP contribution in [0.15, 0.2) is 23.1 Å². The summed E-state index contributed by atoms with van der Waals surface area (Å²) in [6, 6.07) is 0. The van der Waals surface area contributed by atoms with Gasteiger partial charge in [-0.05, 0) is 28.9 Å². The van der Waals surface area contributed by atoms with E-state index in [4.69, 9.17) is 5.73 Å². The van der Waals surface area contributed by atoms with Gasteiger partial charge in [-0.25, -0.2) is 9.97 Å². The van der Waals surface area contributed by atoms with Gasteiger partial charge in [0.25, 0.3) is 0 Å². The SMILES string of the molecule is NCCC(O)c1cn2cc(Br)cnc2n1. The van der Waals surface area contributed by atoms with E-state index >= 15 is 0 Å². The van der Waals surface area contributed by atoms with Crippen molar-refractivity contribution in [3.05, 3.63) is 28.8 Å². The fraction of sp³-hybridized carbons (Fsp3) is 0.333. The smallest absolute Gasteiger partial charge is 0.234 e. The van der Waals surface area contributed by atoms with Gasteiger partial charge in [0, 0.05) is 18.6 Å². The van der Waals surface area contributed by atoms with Crippen LogP contribution in [0, 0.1) is 0 Å². The van der Waals surface area contributed by atoms with E-state index in [1.165, 1.54) is 0 Å². The van der Waals surface area contributed by atoms with E-state index in [1.54, 1.807) is 16.8 Å². The van der Waals surface area contributed by atoms with Crippen molar-refractivity contribution in [2.45, 2.75) is 12.5 Å². The molecular formula is C9H11BrN4O. The number of halogens is 1. The molecule has 2 heterocycles. The van der Waals surface area contributed by atoms with Crippen LogP contribution in [0.2, 0.25) is 0 Å². The third-order valence-electron chi connectivity index (χ3n) is 2.08. The van der Waals surface area contributed by atoms with Gasteiger partial charge in [0.1, 0.15) is 0 Å². The Balaban J connectivity index is 2.38. The van der Waals surface area contributed by atoms with Gasteiger partial charge in [0.2, 0.25) is 5.78 Å². The van der Waals surface area contributed by atoms with Crippen molar-refractivity contribution in [1.82, 2.24) is 14.4 Å². The molecule has 0 aliphatic rings. The van der Waals surface area contributed by atoms with Crippen molar-refractivity contribution in [2.75, 3.05) is 6.54 Å². The molecule has 6 heteroatoms. The van der Waals surface area contributed by atoms with Crippen LogP contribution in [0.1, 0.15) is 18.2 Å². The maximum Gasteiger partial charge on any atom is 0.234 e. The van der Waals surface area contributed by atoms with E-state index < -0.39 is 6.10 Å². The standard InChI is InChI=1S/C9H11BrN4O/c10-6-3-12-9-13-7(5-14(9)4-6)8(15)1-2-11/h3-5,8,15H,1-2,11H2. The largest absolute Gasteiger partial charge is 0.387 e. The number of aromatic nitrogens is 3. The first kappa shape index (κ1) is 10.5. The summed E-state index contributed by atoms with van der Waals surface area (Å²) in [6.45, 7) is 0.437. The van der Waals surface area contributed by atoms with Crippen LogP contribution in [0.5, 0.6) is 0 Å². The summed E-state index contributed by atoms with van der Waals surface area (Å²) in [5, 5.41) is 9.70. The Hall–Kier alpha value is -0.980. The molecule has 0 saturated heterocycles. The monoisotopic (exact) mass is 270 g/mol. The van der Waals surface area contributed by atoms with Gasteiger partial charge < -0.3 is 10.8 Å². The van der Waals surface area contributed by atoms with Crippen LogP contribution in [-0.4, -0.2) is 26.0 Å². The fourth-order valence-corrected chi connectivity index (χ4v) is 1.67. The maximum atomic E-state index is 9.70. The van der Waals surface area contributed by atoms with Crippen LogP contribution in [0.3, 0.4) is 0 Å². The summed E-state index contributed by atoms with van der Waals surface area (Å²) in [6.07, 6.45) is 5.16. The minimum Gasteiger partial charge on any atom is -0.387 e. The number of aliphatic hydroxyl groups excluding tert-OH is 1. The first-order valence-electron chi connectivity index (χ1n) is 4.59. The van der Waals surface area contributed by atoms with Crippen molar-refractivity contribution in [2.24, 2.45) is 5.73 Å². The Kier molecular flexibility index (Phi) is 2.99. The van der Waals surface area contributed by atoms with E-state index in [2.05, 4.69) is 25.9 Å². The van der Waals surface area contributed by atoms with Crippen molar-refractivity contribution in [3.8, 4) is 0 Å². The second-order valence-corrected chi connectivity index (χ2v) is 4.15. The van der Waals surface area contributed by atoms with Crippen molar-refractivity contribution in [1.29, 1.82) is 0 Å². The molecule has 0 saturated carbocycles. The lowest BCUT2D eigenvalue weighted by Gasteiger charge is -2.03. The summed E-state index contributed by atoms with van der Waals surface area (Å²) in [7, 11) is 0. The molecule has 5 nitrogen and oxygen atoms in total. The molecule has 0 spiro atoms. The van der Waals surface area contributed by atoms with E-state index in [1.807, 2.05) is 6.20 Å². The van der Waals surface area contributed by atoms with E-state index in [0.717, 1.165) is 4.47 Å². The third-order valence-corrected chi connectivity index (χ3v) is 2.49. The molecule has 2 aromatic rings. The number of fused-ring (bicyclic) bond motifs is 1. The number of nitrogens with two attached hydrogens (primary N) is 1. The zero-order valence-corrected chi connectivity index (χ0v) is 9.55. The Morgan fingerprint density at radius 1 is 1.53 bits per heavy atom. The molecule has 15 heavy (non-hydrogen) atoms. The molecule has 1 atom stereocenters. The lowest BCUT2D eigenvalue weighted by atomic mass is 10.2. The number of nitrogens with zero attached hydrogens (tertiary/aromatic N) is 3. The average molecular weight is 271 g/mol. The first-order valence-corrected chi connectivity index (χ1v) is 5.38.